The Bertz CT molecular complexity index is 1700. The van der Waals surface area contributed by atoms with Crippen molar-refractivity contribution in [3.63, 3.8) is 0 Å². The normalized spacial score (nSPS) is 13.1. The van der Waals surface area contributed by atoms with Gasteiger partial charge in [-0.25, -0.2) is 9.48 Å². The average Bonchev–Trinajstić information content (AvgIpc) is 3.46. The van der Waals surface area contributed by atoms with Crippen LogP contribution in [0.2, 0.25) is 0 Å². The number of hydrogen-bond acceptors (Lipinski definition) is 7. The number of aryl methyl sites for hydroxylation is 1. The number of aromatic nitrogens is 2. The molecule has 10 nitrogen and oxygen atoms in total. The molecule has 11 heteroatoms. The number of amides is 2. The number of hydrogen-bond donors (Lipinski definition) is 2. The van der Waals surface area contributed by atoms with E-state index in [0.29, 0.717) is 34.1 Å². The zero-order chi connectivity index (χ0) is 30.0. The Kier molecular flexibility index (Phi) is 8.30. The van der Waals surface area contributed by atoms with Crippen molar-refractivity contribution in [1.29, 1.82) is 0 Å². The molecule has 1 aliphatic rings. The minimum atomic E-state index is -1.20. The molecule has 218 valence electrons. The minimum absolute atomic E-state index is 0.106. The maximum absolute atomic E-state index is 13.5. The van der Waals surface area contributed by atoms with Gasteiger partial charge in [0.05, 0.1) is 24.1 Å². The SMILES string of the molecule is COc1ccc(C(=O)Nc2sc3c(c2C(=O)O[C@H](C)C(=O)Nc2c(C)n(C)n(-c4ccccc4)c2=O)CCCC3)cc1. The van der Waals surface area contributed by atoms with Crippen LogP contribution in [0.4, 0.5) is 10.7 Å². The van der Waals surface area contributed by atoms with E-state index in [0.717, 1.165) is 29.7 Å². The first kappa shape index (κ1) is 28.9. The van der Waals surface area contributed by atoms with Crippen molar-refractivity contribution in [2.75, 3.05) is 17.7 Å². The van der Waals surface area contributed by atoms with Crippen molar-refractivity contribution < 1.29 is 23.9 Å². The van der Waals surface area contributed by atoms with E-state index in [4.69, 9.17) is 9.47 Å². The van der Waals surface area contributed by atoms with E-state index >= 15 is 0 Å². The summed E-state index contributed by atoms with van der Waals surface area (Å²) in [7, 11) is 3.27. The maximum atomic E-state index is 13.5. The van der Waals surface area contributed by atoms with Crippen LogP contribution in [0, 0.1) is 6.92 Å². The quantitative estimate of drug-likeness (QED) is 0.284. The van der Waals surface area contributed by atoms with Crippen molar-refractivity contribution >= 4 is 39.8 Å². The Morgan fingerprint density at radius 1 is 0.976 bits per heavy atom. The van der Waals surface area contributed by atoms with Gasteiger partial charge in [0, 0.05) is 17.5 Å². The number of fused-ring (bicyclic) bond motifs is 1. The second kappa shape index (κ2) is 12.1. The highest BCUT2D eigenvalue weighted by Crippen LogP contribution is 2.39. The fraction of sp³-hybridized carbons (Fsp3) is 0.290. The van der Waals surface area contributed by atoms with E-state index < -0.39 is 23.5 Å². The van der Waals surface area contributed by atoms with Gasteiger partial charge >= 0.3 is 5.97 Å². The van der Waals surface area contributed by atoms with Gasteiger partial charge in [0.2, 0.25) is 0 Å². The highest BCUT2D eigenvalue weighted by atomic mass is 32.1. The number of carbonyl (C=O) groups is 3. The first-order valence-electron chi connectivity index (χ1n) is 13.7. The number of benzene rings is 2. The van der Waals surface area contributed by atoms with Crippen LogP contribution in [0.1, 0.15) is 56.6 Å². The van der Waals surface area contributed by atoms with Crippen molar-refractivity contribution in [1.82, 2.24) is 9.36 Å². The molecule has 0 fully saturated rings. The predicted molar refractivity (Wildman–Crippen MR) is 161 cm³/mol. The lowest BCUT2D eigenvalue weighted by Crippen LogP contribution is -2.32. The van der Waals surface area contributed by atoms with Gasteiger partial charge in [-0.3, -0.25) is 19.1 Å². The number of anilines is 2. The largest absolute Gasteiger partial charge is 0.497 e. The van der Waals surface area contributed by atoms with Gasteiger partial charge in [-0.2, -0.15) is 0 Å². The number of carbonyl (C=O) groups excluding carboxylic acids is 3. The Hall–Kier alpha value is -4.64. The molecule has 0 unspecified atom stereocenters. The van der Waals surface area contributed by atoms with Crippen LogP contribution < -0.4 is 20.9 Å². The van der Waals surface area contributed by atoms with Crippen LogP contribution in [-0.4, -0.2) is 40.4 Å². The van der Waals surface area contributed by atoms with Crippen LogP contribution in [-0.2, 0) is 29.4 Å². The molecule has 0 bridgehead atoms. The van der Waals surface area contributed by atoms with Crippen molar-refractivity contribution in [3.8, 4) is 11.4 Å². The lowest BCUT2D eigenvalue weighted by atomic mass is 9.95. The first-order chi connectivity index (χ1) is 20.2. The molecular weight excluding hydrogens is 556 g/mol. The van der Waals surface area contributed by atoms with Crippen molar-refractivity contribution in [3.05, 3.63) is 92.2 Å². The molecule has 2 aromatic heterocycles. The topological polar surface area (TPSA) is 121 Å². The Morgan fingerprint density at radius 2 is 1.67 bits per heavy atom. The van der Waals surface area contributed by atoms with Crippen LogP contribution >= 0.6 is 11.3 Å². The minimum Gasteiger partial charge on any atom is -0.497 e. The molecule has 0 aliphatic heterocycles. The van der Waals surface area contributed by atoms with Gasteiger partial charge in [-0.05, 0) is 81.5 Å². The van der Waals surface area contributed by atoms with Crippen LogP contribution in [0.15, 0.2) is 59.4 Å². The highest BCUT2D eigenvalue weighted by molar-refractivity contribution is 7.17. The van der Waals surface area contributed by atoms with E-state index in [9.17, 15) is 19.2 Å². The molecule has 0 saturated heterocycles. The number of thiophene rings is 1. The average molecular weight is 589 g/mol. The fourth-order valence-electron chi connectivity index (χ4n) is 5.00. The number of ether oxygens (including phenoxy) is 2. The van der Waals surface area contributed by atoms with E-state index in [1.807, 2.05) is 18.2 Å². The van der Waals surface area contributed by atoms with Gasteiger partial charge < -0.3 is 20.1 Å². The molecule has 2 aromatic carbocycles. The lowest BCUT2D eigenvalue weighted by molar-refractivity contribution is -0.123. The smallest absolute Gasteiger partial charge is 0.342 e. The van der Waals surface area contributed by atoms with E-state index in [1.165, 1.54) is 22.9 Å². The summed E-state index contributed by atoms with van der Waals surface area (Å²) in [5, 5.41) is 5.92. The molecule has 4 aromatic rings. The van der Waals surface area contributed by atoms with E-state index in [1.54, 1.807) is 62.2 Å². The molecular formula is C31H32N4O6S. The summed E-state index contributed by atoms with van der Waals surface area (Å²) in [5.74, 6) is -1.08. The van der Waals surface area contributed by atoms with E-state index in [-0.39, 0.29) is 17.2 Å². The van der Waals surface area contributed by atoms with Crippen LogP contribution in [0.5, 0.6) is 5.75 Å². The predicted octanol–water partition coefficient (Wildman–Crippen LogP) is 4.87. The molecule has 1 aliphatic carbocycles. The van der Waals surface area contributed by atoms with Gasteiger partial charge in [0.25, 0.3) is 17.4 Å². The highest BCUT2D eigenvalue weighted by Gasteiger charge is 2.30. The molecule has 2 N–H and O–H groups in total. The Balaban J connectivity index is 1.35. The van der Waals surface area contributed by atoms with Gasteiger partial charge in [0.15, 0.2) is 6.10 Å². The molecule has 42 heavy (non-hydrogen) atoms. The summed E-state index contributed by atoms with van der Waals surface area (Å²) in [4.78, 5) is 53.9. The zero-order valence-corrected chi connectivity index (χ0v) is 24.7. The third kappa shape index (κ3) is 5.60. The molecule has 5 rings (SSSR count). The monoisotopic (exact) mass is 588 g/mol. The second-order valence-electron chi connectivity index (χ2n) is 10.1. The molecule has 0 spiro atoms. The lowest BCUT2D eigenvalue weighted by Gasteiger charge is -2.16. The van der Waals surface area contributed by atoms with E-state index in [2.05, 4.69) is 10.6 Å². The summed E-state index contributed by atoms with van der Waals surface area (Å²) in [6.07, 6.45) is 2.18. The number of methoxy groups -OCH3 is 1. The summed E-state index contributed by atoms with van der Waals surface area (Å²) >= 11 is 1.36. The Labute approximate surface area is 246 Å². The van der Waals surface area contributed by atoms with Gasteiger partial charge in [-0.1, -0.05) is 18.2 Å². The third-order valence-electron chi connectivity index (χ3n) is 7.41. The third-order valence-corrected chi connectivity index (χ3v) is 8.62. The number of nitrogens with one attached hydrogen (secondary N) is 2. The van der Waals surface area contributed by atoms with Crippen molar-refractivity contribution in [2.45, 2.75) is 45.6 Å². The molecule has 0 saturated carbocycles. The summed E-state index contributed by atoms with van der Waals surface area (Å²) in [6.45, 7) is 3.18. The Morgan fingerprint density at radius 3 is 2.36 bits per heavy atom. The summed E-state index contributed by atoms with van der Waals surface area (Å²) in [6, 6.07) is 15.7. The van der Waals surface area contributed by atoms with Gasteiger partial charge in [0.1, 0.15) is 16.4 Å². The van der Waals surface area contributed by atoms with Crippen LogP contribution in [0.3, 0.4) is 0 Å². The number of esters is 1. The fourth-order valence-corrected chi connectivity index (χ4v) is 6.27. The maximum Gasteiger partial charge on any atom is 0.342 e. The molecule has 1 atom stereocenters. The molecule has 0 radical (unpaired) electrons. The summed E-state index contributed by atoms with van der Waals surface area (Å²) < 4.78 is 13.9. The van der Waals surface area contributed by atoms with Crippen molar-refractivity contribution in [2.24, 2.45) is 7.05 Å². The molecule has 2 amide bonds. The number of para-hydroxylation sites is 1. The number of nitrogens with zero attached hydrogens (tertiary/aromatic N) is 2. The standard InChI is InChI=1S/C31H32N4O6S/c1-18-26(30(38)35(34(18)3)21-10-6-5-7-11-21)32-27(36)19(2)41-31(39)25-23-12-8-9-13-24(23)42-29(25)33-28(37)20-14-16-22(40-4)17-15-20/h5-7,10-11,14-17,19H,8-9,12-13H2,1-4H3,(H,32,36)(H,33,37)/t19-/m1/s1. The number of rotatable bonds is 8. The zero-order valence-electron chi connectivity index (χ0n) is 23.9. The molecule has 2 heterocycles. The van der Waals surface area contributed by atoms with Gasteiger partial charge in [-0.15, -0.1) is 11.3 Å². The summed E-state index contributed by atoms with van der Waals surface area (Å²) in [5.41, 5.74) is 2.44. The van der Waals surface area contributed by atoms with Crippen LogP contribution in [0.25, 0.3) is 5.69 Å². The first-order valence-corrected chi connectivity index (χ1v) is 14.5. The second-order valence-corrected chi connectivity index (χ2v) is 11.2.